The van der Waals surface area contributed by atoms with Crippen LogP contribution in [0.3, 0.4) is 0 Å². The molecular weight excluding hydrogens is 533 g/mol. The van der Waals surface area contributed by atoms with E-state index in [1.165, 1.54) is 0 Å². The van der Waals surface area contributed by atoms with E-state index in [4.69, 9.17) is 23.2 Å². The quantitative estimate of drug-likeness (QED) is 0.423. The smallest absolute Gasteiger partial charge is 0.232 e. The summed E-state index contributed by atoms with van der Waals surface area (Å²) >= 11 is 23.3. The standard InChI is InChI=1S/C16H16Br3Cl2NO/c1-14(2)15(12(18)19)5-6-16(14,11(15)17)13(23)22-10-4-3-8(20)7-9(10)21/h3-4,7,11-12H,5-6H2,1-2H3,(H,22,23). The molecule has 1 aromatic rings. The van der Waals surface area contributed by atoms with Crippen molar-refractivity contribution in [3.63, 3.8) is 0 Å². The third kappa shape index (κ3) is 2.19. The Balaban J connectivity index is 1.92. The Hall–Kier alpha value is 0.710. The van der Waals surface area contributed by atoms with Gasteiger partial charge in [0.2, 0.25) is 5.91 Å². The first-order chi connectivity index (χ1) is 10.6. The second kappa shape index (κ2) is 5.87. The highest BCUT2D eigenvalue weighted by molar-refractivity contribution is 9.24. The fourth-order valence-corrected chi connectivity index (χ4v) is 9.89. The number of alkyl halides is 3. The van der Waals surface area contributed by atoms with Gasteiger partial charge in [0.15, 0.2) is 0 Å². The summed E-state index contributed by atoms with van der Waals surface area (Å²) in [5.74, 6) is 0.0161. The lowest BCUT2D eigenvalue weighted by Crippen LogP contribution is -2.71. The summed E-state index contributed by atoms with van der Waals surface area (Å²) in [4.78, 5) is 13.2. The molecule has 0 aliphatic heterocycles. The van der Waals surface area contributed by atoms with Crippen LogP contribution in [-0.4, -0.2) is 14.5 Å². The van der Waals surface area contributed by atoms with Gasteiger partial charge in [-0.2, -0.15) is 0 Å². The van der Waals surface area contributed by atoms with Gasteiger partial charge in [-0.1, -0.05) is 84.8 Å². The summed E-state index contributed by atoms with van der Waals surface area (Å²) in [6.07, 6.45) is 1.83. The van der Waals surface area contributed by atoms with Crippen molar-refractivity contribution in [1.82, 2.24) is 0 Å². The maximum atomic E-state index is 13.1. The van der Waals surface area contributed by atoms with E-state index in [9.17, 15) is 4.79 Å². The zero-order valence-electron chi connectivity index (χ0n) is 12.6. The Bertz CT molecular complexity index is 681. The van der Waals surface area contributed by atoms with Crippen LogP contribution in [0, 0.1) is 16.2 Å². The number of nitrogens with one attached hydrogen (secondary N) is 1. The highest BCUT2D eigenvalue weighted by Gasteiger charge is 2.83. The van der Waals surface area contributed by atoms with Gasteiger partial charge >= 0.3 is 0 Å². The van der Waals surface area contributed by atoms with Crippen LogP contribution in [0.25, 0.3) is 0 Å². The lowest BCUT2D eigenvalue weighted by molar-refractivity contribution is -0.155. The molecule has 2 nitrogen and oxygen atoms in total. The molecule has 7 heteroatoms. The lowest BCUT2D eigenvalue weighted by Gasteiger charge is -2.66. The van der Waals surface area contributed by atoms with Crippen LogP contribution in [0.1, 0.15) is 26.7 Å². The number of hydrogen-bond donors (Lipinski definition) is 1. The molecule has 3 unspecified atom stereocenters. The maximum Gasteiger partial charge on any atom is 0.232 e. The third-order valence-electron chi connectivity index (χ3n) is 6.07. The van der Waals surface area contributed by atoms with E-state index in [1.54, 1.807) is 18.2 Å². The van der Waals surface area contributed by atoms with Gasteiger partial charge in [-0.15, -0.1) is 0 Å². The van der Waals surface area contributed by atoms with Gasteiger partial charge in [-0.3, -0.25) is 4.79 Å². The summed E-state index contributed by atoms with van der Waals surface area (Å²) in [5, 5.41) is 4.01. The average molecular weight is 549 g/mol. The minimum absolute atomic E-state index is 0.00807. The molecule has 23 heavy (non-hydrogen) atoms. The summed E-state index contributed by atoms with van der Waals surface area (Å²) in [5.41, 5.74) is 0.0168. The van der Waals surface area contributed by atoms with Gasteiger partial charge in [-0.05, 0) is 36.5 Å². The number of amides is 1. The van der Waals surface area contributed by atoms with Crippen LogP contribution in [0.15, 0.2) is 18.2 Å². The zero-order chi connectivity index (χ0) is 17.2. The summed E-state index contributed by atoms with van der Waals surface area (Å²) in [7, 11) is 0. The molecule has 0 saturated heterocycles. The van der Waals surface area contributed by atoms with Crippen molar-refractivity contribution >= 4 is 82.6 Å². The van der Waals surface area contributed by atoms with E-state index in [0.717, 1.165) is 12.8 Å². The summed E-state index contributed by atoms with van der Waals surface area (Å²) in [6.45, 7) is 4.35. The predicted molar refractivity (Wildman–Crippen MR) is 107 cm³/mol. The average Bonchev–Trinajstić information content (AvgIpc) is 2.91. The van der Waals surface area contributed by atoms with Crippen molar-refractivity contribution in [2.24, 2.45) is 16.2 Å². The molecule has 2 bridgehead atoms. The van der Waals surface area contributed by atoms with Crippen molar-refractivity contribution in [2.75, 3.05) is 5.32 Å². The van der Waals surface area contributed by atoms with Gasteiger partial charge < -0.3 is 5.32 Å². The largest absolute Gasteiger partial charge is 0.324 e. The maximum absolute atomic E-state index is 13.1. The highest BCUT2D eigenvalue weighted by atomic mass is 79.9. The Morgan fingerprint density at radius 3 is 2.43 bits per heavy atom. The number of benzene rings is 1. The third-order valence-corrected chi connectivity index (χ3v) is 9.85. The molecule has 0 spiro atoms. The first-order valence-electron chi connectivity index (χ1n) is 7.30. The number of hydrogen-bond acceptors (Lipinski definition) is 1. The molecule has 3 fully saturated rings. The van der Waals surface area contributed by atoms with Gasteiger partial charge in [0.05, 0.1) is 19.9 Å². The number of carbonyl (C=O) groups excluding carboxylic acids is 1. The number of halogens is 5. The molecule has 3 saturated carbocycles. The summed E-state index contributed by atoms with van der Waals surface area (Å²) < 4.78 is 0.157. The molecule has 4 rings (SSSR count). The Morgan fingerprint density at radius 2 is 1.96 bits per heavy atom. The lowest BCUT2D eigenvalue weighted by atomic mass is 9.43. The number of anilines is 1. The van der Waals surface area contributed by atoms with Crippen LogP contribution in [-0.2, 0) is 4.79 Å². The van der Waals surface area contributed by atoms with Gasteiger partial charge in [-0.25, -0.2) is 0 Å². The van der Waals surface area contributed by atoms with Gasteiger partial charge in [0, 0.05) is 15.3 Å². The first-order valence-corrected chi connectivity index (χ1v) is 10.8. The Kier molecular flexibility index (Phi) is 4.72. The van der Waals surface area contributed by atoms with Crippen molar-refractivity contribution in [3.05, 3.63) is 28.2 Å². The molecule has 0 heterocycles. The van der Waals surface area contributed by atoms with Crippen LogP contribution < -0.4 is 5.32 Å². The minimum atomic E-state index is -0.449. The van der Waals surface area contributed by atoms with Crippen molar-refractivity contribution in [1.29, 1.82) is 0 Å². The molecule has 126 valence electrons. The van der Waals surface area contributed by atoms with Crippen LogP contribution in [0.2, 0.25) is 10.0 Å². The molecule has 3 aliphatic rings. The fourth-order valence-electron chi connectivity index (χ4n) is 4.52. The summed E-state index contributed by atoms with van der Waals surface area (Å²) in [6, 6.07) is 5.11. The van der Waals surface area contributed by atoms with Crippen LogP contribution >= 0.6 is 71.0 Å². The van der Waals surface area contributed by atoms with E-state index in [2.05, 4.69) is 67.0 Å². The molecule has 0 aromatic heterocycles. The Labute approximate surface area is 171 Å². The molecule has 1 aromatic carbocycles. The number of rotatable bonds is 3. The molecule has 3 aliphatic carbocycles. The van der Waals surface area contributed by atoms with Crippen molar-refractivity contribution in [3.8, 4) is 0 Å². The predicted octanol–water partition coefficient (Wildman–Crippen LogP) is 6.62. The van der Waals surface area contributed by atoms with Crippen LogP contribution in [0.5, 0.6) is 0 Å². The molecule has 1 amide bonds. The normalized spacial score (nSPS) is 34.3. The van der Waals surface area contributed by atoms with Crippen molar-refractivity contribution in [2.45, 2.75) is 35.3 Å². The van der Waals surface area contributed by atoms with E-state index in [0.29, 0.717) is 15.7 Å². The number of fused-ring (bicyclic) bond motifs is 1. The van der Waals surface area contributed by atoms with E-state index in [1.807, 2.05) is 0 Å². The van der Waals surface area contributed by atoms with E-state index in [-0.39, 0.29) is 25.3 Å². The molecular formula is C16H16Br3Cl2NO. The highest BCUT2D eigenvalue weighted by Crippen LogP contribution is 2.82. The van der Waals surface area contributed by atoms with Gasteiger partial charge in [0.1, 0.15) is 0 Å². The zero-order valence-corrected chi connectivity index (χ0v) is 18.9. The van der Waals surface area contributed by atoms with Crippen LogP contribution in [0.4, 0.5) is 5.69 Å². The fraction of sp³-hybridized carbons (Fsp3) is 0.562. The monoisotopic (exact) mass is 545 g/mol. The minimum Gasteiger partial charge on any atom is -0.324 e. The Morgan fingerprint density at radius 1 is 1.30 bits per heavy atom. The number of carbonyl (C=O) groups is 1. The second-order valence-electron chi connectivity index (χ2n) is 6.88. The molecule has 0 radical (unpaired) electrons. The van der Waals surface area contributed by atoms with Gasteiger partial charge in [0.25, 0.3) is 0 Å². The topological polar surface area (TPSA) is 29.1 Å². The molecule has 3 atom stereocenters. The first kappa shape index (κ1) is 18.5. The van der Waals surface area contributed by atoms with E-state index < -0.39 is 5.41 Å². The molecule has 1 N–H and O–H groups in total. The van der Waals surface area contributed by atoms with Crippen molar-refractivity contribution < 1.29 is 4.79 Å². The second-order valence-corrected chi connectivity index (χ2v) is 11.7. The SMILES string of the molecule is CC1(C)C2(C(=O)Nc3ccc(Cl)cc3Cl)CCC1(C(Br)Br)C2Br. The van der Waals surface area contributed by atoms with E-state index >= 15 is 0 Å².